The zero-order valence-electron chi connectivity index (χ0n) is 10.9. The minimum absolute atomic E-state index is 0.0739. The summed E-state index contributed by atoms with van der Waals surface area (Å²) in [6.07, 6.45) is 0. The second-order valence-corrected chi connectivity index (χ2v) is 5.24. The average molecular weight is 289 g/mol. The number of pyridine rings is 1. The molecule has 3 rings (SSSR count). The third-order valence-electron chi connectivity index (χ3n) is 3.47. The molecule has 0 bridgehead atoms. The van der Waals surface area contributed by atoms with E-state index in [0.717, 1.165) is 0 Å². The van der Waals surface area contributed by atoms with E-state index in [2.05, 4.69) is 5.32 Å². The fraction of sp³-hybridized carbons (Fsp3) is 0.200. The molecule has 2 heterocycles. The highest BCUT2D eigenvalue weighted by molar-refractivity contribution is 6.30. The minimum Gasteiger partial charge on any atom is -0.369 e. The summed E-state index contributed by atoms with van der Waals surface area (Å²) in [7, 11) is 0. The Kier molecular flexibility index (Phi) is 3.10. The van der Waals surface area contributed by atoms with Crippen LogP contribution in [-0.2, 0) is 6.54 Å². The number of carbonyl (C=O) groups excluding carboxylic acids is 1. The van der Waals surface area contributed by atoms with E-state index in [1.54, 1.807) is 35.8 Å². The number of aryl methyl sites for hydroxylation is 1. The second kappa shape index (κ2) is 4.80. The van der Waals surface area contributed by atoms with Gasteiger partial charge in [0.1, 0.15) is 5.82 Å². The highest BCUT2D eigenvalue weighted by atomic mass is 35.5. The molecule has 1 aliphatic rings. The molecule has 0 aliphatic carbocycles. The zero-order valence-corrected chi connectivity index (χ0v) is 11.7. The quantitative estimate of drug-likeness (QED) is 0.864. The highest BCUT2D eigenvalue weighted by Gasteiger charge is 2.23. The zero-order chi connectivity index (χ0) is 14.3. The monoisotopic (exact) mass is 288 g/mol. The van der Waals surface area contributed by atoms with Crippen molar-refractivity contribution in [1.29, 1.82) is 0 Å². The molecule has 2 aromatic rings. The molecule has 20 heavy (non-hydrogen) atoms. The summed E-state index contributed by atoms with van der Waals surface area (Å²) in [4.78, 5) is 24.5. The molecule has 0 radical (unpaired) electrons. The van der Waals surface area contributed by atoms with Gasteiger partial charge in [0.15, 0.2) is 5.78 Å². The predicted molar refractivity (Wildman–Crippen MR) is 78.8 cm³/mol. The molecule has 0 saturated carbocycles. The third-order valence-corrected chi connectivity index (χ3v) is 3.72. The van der Waals surface area contributed by atoms with Crippen LogP contribution in [0.2, 0.25) is 5.02 Å². The molecule has 1 N–H and O–H groups in total. The van der Waals surface area contributed by atoms with E-state index in [4.69, 9.17) is 11.6 Å². The first-order chi connectivity index (χ1) is 9.58. The number of nitrogens with one attached hydrogen (secondary N) is 1. The Hall–Kier alpha value is -2.07. The minimum atomic E-state index is -0.0997. The normalized spacial score (nSPS) is 12.9. The number of ketones is 1. The number of benzene rings is 1. The van der Waals surface area contributed by atoms with Gasteiger partial charge in [-0.3, -0.25) is 14.2 Å². The predicted octanol–water partition coefficient (Wildman–Crippen LogP) is 2.47. The Morgan fingerprint density at radius 3 is 2.70 bits per heavy atom. The molecule has 1 aromatic carbocycles. The average Bonchev–Trinajstić information content (AvgIpc) is 2.88. The van der Waals surface area contributed by atoms with Crippen LogP contribution in [0.4, 0.5) is 5.82 Å². The Bertz CT molecular complexity index is 748. The summed E-state index contributed by atoms with van der Waals surface area (Å²) in [6, 6.07) is 8.28. The van der Waals surface area contributed by atoms with Crippen LogP contribution in [-0.4, -0.2) is 16.9 Å². The first-order valence-electron chi connectivity index (χ1n) is 6.36. The molecule has 0 unspecified atom stereocenters. The van der Waals surface area contributed by atoms with E-state index in [1.165, 1.54) is 6.07 Å². The van der Waals surface area contributed by atoms with Crippen LogP contribution in [0.5, 0.6) is 0 Å². The molecule has 0 spiro atoms. The van der Waals surface area contributed by atoms with Crippen LogP contribution in [0, 0.1) is 6.92 Å². The van der Waals surface area contributed by atoms with E-state index < -0.39 is 0 Å². The van der Waals surface area contributed by atoms with Gasteiger partial charge >= 0.3 is 0 Å². The van der Waals surface area contributed by atoms with Gasteiger partial charge in [0, 0.05) is 29.7 Å². The van der Waals surface area contributed by atoms with Crippen molar-refractivity contribution in [3.05, 3.63) is 62.4 Å². The summed E-state index contributed by atoms with van der Waals surface area (Å²) in [6.45, 7) is 3.04. The maximum absolute atomic E-state index is 12.7. The number of aromatic nitrogens is 1. The number of hydrogen-bond donors (Lipinski definition) is 1. The summed E-state index contributed by atoms with van der Waals surface area (Å²) in [5.41, 5.74) is 1.74. The van der Waals surface area contributed by atoms with E-state index in [-0.39, 0.29) is 11.3 Å². The summed E-state index contributed by atoms with van der Waals surface area (Å²) in [5, 5.41) is 3.72. The van der Waals surface area contributed by atoms with Gasteiger partial charge in [-0.05, 0) is 36.8 Å². The molecule has 0 atom stereocenters. The van der Waals surface area contributed by atoms with Crippen molar-refractivity contribution in [2.45, 2.75) is 13.5 Å². The van der Waals surface area contributed by atoms with Crippen LogP contribution >= 0.6 is 11.6 Å². The van der Waals surface area contributed by atoms with E-state index in [0.29, 0.717) is 40.6 Å². The Balaban J connectivity index is 2.15. The lowest BCUT2D eigenvalue weighted by molar-refractivity contribution is 0.103. The number of rotatable bonds is 2. The van der Waals surface area contributed by atoms with Gasteiger partial charge in [-0.15, -0.1) is 0 Å². The van der Waals surface area contributed by atoms with Crippen molar-refractivity contribution in [2.75, 3.05) is 11.9 Å². The van der Waals surface area contributed by atoms with Gasteiger partial charge in [0.05, 0.1) is 5.56 Å². The molecule has 1 aliphatic heterocycles. The number of fused-ring (bicyclic) bond motifs is 1. The third kappa shape index (κ3) is 2.02. The molecule has 5 heteroatoms. The highest BCUT2D eigenvalue weighted by Crippen LogP contribution is 2.24. The van der Waals surface area contributed by atoms with Crippen LogP contribution in [0.15, 0.2) is 35.1 Å². The largest absolute Gasteiger partial charge is 0.369 e. The van der Waals surface area contributed by atoms with Crippen molar-refractivity contribution in [1.82, 2.24) is 4.57 Å². The SMILES string of the molecule is Cc1cc(=O)n2c(c1C(=O)c1ccc(Cl)cc1)NCC2. The van der Waals surface area contributed by atoms with Gasteiger partial charge < -0.3 is 5.32 Å². The smallest absolute Gasteiger partial charge is 0.252 e. The lowest BCUT2D eigenvalue weighted by atomic mass is 10.00. The van der Waals surface area contributed by atoms with Gasteiger partial charge in [-0.2, -0.15) is 0 Å². The van der Waals surface area contributed by atoms with E-state index >= 15 is 0 Å². The molecular formula is C15H13ClN2O2. The summed E-state index contributed by atoms with van der Waals surface area (Å²) in [5.74, 6) is 0.521. The number of halogens is 1. The Morgan fingerprint density at radius 2 is 2.00 bits per heavy atom. The first-order valence-corrected chi connectivity index (χ1v) is 6.74. The summed E-state index contributed by atoms with van der Waals surface area (Å²) < 4.78 is 1.61. The van der Waals surface area contributed by atoms with E-state index in [1.807, 2.05) is 0 Å². The molecule has 0 saturated heterocycles. The van der Waals surface area contributed by atoms with Gasteiger partial charge in [-0.1, -0.05) is 11.6 Å². The Labute approximate surface area is 121 Å². The maximum atomic E-state index is 12.7. The molecule has 102 valence electrons. The van der Waals surface area contributed by atoms with Crippen LogP contribution in [0.3, 0.4) is 0 Å². The molecule has 0 amide bonds. The van der Waals surface area contributed by atoms with Crippen molar-refractivity contribution in [3.8, 4) is 0 Å². The summed E-state index contributed by atoms with van der Waals surface area (Å²) >= 11 is 5.84. The fourth-order valence-electron chi connectivity index (χ4n) is 2.49. The number of hydrogen-bond acceptors (Lipinski definition) is 3. The second-order valence-electron chi connectivity index (χ2n) is 4.80. The van der Waals surface area contributed by atoms with Crippen molar-refractivity contribution >= 4 is 23.2 Å². The molecule has 0 fully saturated rings. The lowest BCUT2D eigenvalue weighted by Crippen LogP contribution is -2.21. The van der Waals surface area contributed by atoms with Gasteiger partial charge in [0.2, 0.25) is 0 Å². The first kappa shape index (κ1) is 12.9. The molecular weight excluding hydrogens is 276 g/mol. The van der Waals surface area contributed by atoms with Crippen molar-refractivity contribution in [2.24, 2.45) is 0 Å². The number of nitrogens with zero attached hydrogens (tertiary/aromatic N) is 1. The molecule has 4 nitrogen and oxygen atoms in total. The van der Waals surface area contributed by atoms with Crippen LogP contribution < -0.4 is 10.9 Å². The van der Waals surface area contributed by atoms with Gasteiger partial charge in [-0.25, -0.2) is 0 Å². The number of anilines is 1. The van der Waals surface area contributed by atoms with Crippen molar-refractivity contribution in [3.63, 3.8) is 0 Å². The fourth-order valence-corrected chi connectivity index (χ4v) is 2.62. The van der Waals surface area contributed by atoms with Crippen molar-refractivity contribution < 1.29 is 4.79 Å². The van der Waals surface area contributed by atoms with Crippen LogP contribution in [0.1, 0.15) is 21.5 Å². The molecule has 1 aromatic heterocycles. The standard InChI is InChI=1S/C15H13ClN2O2/c1-9-8-12(19)18-7-6-17-15(18)13(9)14(20)10-2-4-11(16)5-3-10/h2-5,8,17H,6-7H2,1H3. The number of carbonyl (C=O) groups is 1. The Morgan fingerprint density at radius 1 is 1.30 bits per heavy atom. The topological polar surface area (TPSA) is 51.1 Å². The van der Waals surface area contributed by atoms with Gasteiger partial charge in [0.25, 0.3) is 5.56 Å². The van der Waals surface area contributed by atoms with E-state index in [9.17, 15) is 9.59 Å². The van der Waals surface area contributed by atoms with Crippen LogP contribution in [0.25, 0.3) is 0 Å². The maximum Gasteiger partial charge on any atom is 0.252 e. The lowest BCUT2D eigenvalue weighted by Gasteiger charge is -2.12.